The smallest absolute Gasteiger partial charge is 0.261 e. The summed E-state index contributed by atoms with van der Waals surface area (Å²) >= 11 is 0. The summed E-state index contributed by atoms with van der Waals surface area (Å²) in [6.07, 6.45) is 0.140. The van der Waals surface area contributed by atoms with Crippen LogP contribution in [-0.2, 0) is 11.3 Å². The number of ether oxygens (including phenoxy) is 1. The van der Waals surface area contributed by atoms with Crippen LogP contribution in [0.3, 0.4) is 0 Å². The van der Waals surface area contributed by atoms with Crippen LogP contribution >= 0.6 is 0 Å². The van der Waals surface area contributed by atoms with Crippen LogP contribution in [-0.4, -0.2) is 25.1 Å². The molecule has 1 N–H and O–H groups in total. The van der Waals surface area contributed by atoms with Gasteiger partial charge >= 0.3 is 0 Å². The van der Waals surface area contributed by atoms with E-state index in [2.05, 4.69) is 55.3 Å². The van der Waals surface area contributed by atoms with Crippen molar-refractivity contribution in [2.24, 2.45) is 0 Å². The summed E-state index contributed by atoms with van der Waals surface area (Å²) < 4.78 is 5.91. The zero-order valence-electron chi connectivity index (χ0n) is 17.2. The number of benzene rings is 2. The molecule has 0 aromatic heterocycles. The molecule has 27 heavy (non-hydrogen) atoms. The number of rotatable bonds is 9. The Morgan fingerprint density at radius 2 is 1.67 bits per heavy atom. The number of anilines is 1. The van der Waals surface area contributed by atoms with E-state index in [1.54, 1.807) is 0 Å². The van der Waals surface area contributed by atoms with Crippen LogP contribution in [0.25, 0.3) is 0 Å². The van der Waals surface area contributed by atoms with Crippen molar-refractivity contribution in [3.63, 3.8) is 0 Å². The summed E-state index contributed by atoms with van der Waals surface area (Å²) in [5.41, 5.74) is 4.67. The summed E-state index contributed by atoms with van der Waals surface area (Å²) in [5.74, 6) is 0.659. The molecule has 4 heteroatoms. The van der Waals surface area contributed by atoms with Gasteiger partial charge in [-0.1, -0.05) is 25.1 Å². The molecule has 1 atom stereocenters. The fraction of sp³-hybridized carbons (Fsp3) is 0.435. The Labute approximate surface area is 163 Å². The molecule has 4 nitrogen and oxygen atoms in total. The molecule has 0 bridgehead atoms. The summed E-state index contributed by atoms with van der Waals surface area (Å²) in [6, 6.07) is 14.3. The van der Waals surface area contributed by atoms with E-state index in [1.807, 2.05) is 32.0 Å². The van der Waals surface area contributed by atoms with E-state index in [4.69, 9.17) is 4.74 Å². The van der Waals surface area contributed by atoms with Gasteiger partial charge in [0.1, 0.15) is 5.75 Å². The van der Waals surface area contributed by atoms with Crippen LogP contribution in [0.2, 0.25) is 0 Å². The minimum absolute atomic E-state index is 0.0800. The molecule has 0 fully saturated rings. The Balaban J connectivity index is 1.93. The Bertz CT molecular complexity index is 737. The second-order valence-corrected chi connectivity index (χ2v) is 6.82. The normalized spacial score (nSPS) is 11.7. The van der Waals surface area contributed by atoms with E-state index < -0.39 is 6.10 Å². The van der Waals surface area contributed by atoms with E-state index in [-0.39, 0.29) is 5.91 Å². The molecule has 0 aliphatic heterocycles. The molecule has 0 saturated heterocycles. The molecular formula is C23H32N2O2. The van der Waals surface area contributed by atoms with Gasteiger partial charge in [-0.2, -0.15) is 0 Å². The molecule has 146 valence electrons. The molecule has 1 amide bonds. The molecule has 0 unspecified atom stereocenters. The number of nitrogens with one attached hydrogen (secondary N) is 1. The van der Waals surface area contributed by atoms with Gasteiger partial charge in [-0.3, -0.25) is 4.79 Å². The molecular weight excluding hydrogens is 336 g/mol. The topological polar surface area (TPSA) is 41.6 Å². The summed E-state index contributed by atoms with van der Waals surface area (Å²) in [6.45, 7) is 12.9. The molecule has 2 aromatic rings. The number of nitrogens with zero attached hydrogens (tertiary/aromatic N) is 1. The van der Waals surface area contributed by atoms with Gasteiger partial charge in [0.05, 0.1) is 0 Å². The lowest BCUT2D eigenvalue weighted by Crippen LogP contribution is -2.37. The highest BCUT2D eigenvalue weighted by Crippen LogP contribution is 2.19. The van der Waals surface area contributed by atoms with Crippen LogP contribution in [0, 0.1) is 13.8 Å². The Kier molecular flexibility index (Phi) is 7.71. The van der Waals surface area contributed by atoms with Crippen LogP contribution in [0.1, 0.15) is 43.9 Å². The maximum atomic E-state index is 12.5. The van der Waals surface area contributed by atoms with Crippen molar-refractivity contribution in [3.8, 4) is 5.75 Å². The van der Waals surface area contributed by atoms with Gasteiger partial charge in [0, 0.05) is 25.3 Å². The Morgan fingerprint density at radius 1 is 1.00 bits per heavy atom. The molecule has 0 aliphatic rings. The Hall–Kier alpha value is -2.49. The van der Waals surface area contributed by atoms with Crippen LogP contribution < -0.4 is 15.0 Å². The molecule has 0 spiro atoms. The predicted molar refractivity (Wildman–Crippen MR) is 112 cm³/mol. The lowest BCUT2D eigenvalue weighted by Gasteiger charge is -2.21. The summed E-state index contributed by atoms with van der Waals surface area (Å²) in [4.78, 5) is 14.8. The zero-order chi connectivity index (χ0) is 19.8. The molecule has 0 radical (unpaired) electrons. The van der Waals surface area contributed by atoms with Crippen molar-refractivity contribution >= 4 is 11.6 Å². The fourth-order valence-corrected chi connectivity index (χ4v) is 2.99. The zero-order valence-corrected chi connectivity index (χ0v) is 17.2. The van der Waals surface area contributed by atoms with Gasteiger partial charge in [-0.25, -0.2) is 0 Å². The van der Waals surface area contributed by atoms with Gasteiger partial charge in [-0.15, -0.1) is 0 Å². The number of hydrogen-bond donors (Lipinski definition) is 1. The van der Waals surface area contributed by atoms with Crippen LogP contribution in [0.4, 0.5) is 5.69 Å². The van der Waals surface area contributed by atoms with Crippen molar-refractivity contribution in [3.05, 3.63) is 59.2 Å². The summed E-state index contributed by atoms with van der Waals surface area (Å²) in [7, 11) is 0. The Morgan fingerprint density at radius 3 is 2.22 bits per heavy atom. The average molecular weight is 369 g/mol. The second-order valence-electron chi connectivity index (χ2n) is 6.82. The van der Waals surface area contributed by atoms with Crippen LogP contribution in [0.5, 0.6) is 5.75 Å². The third kappa shape index (κ3) is 5.75. The first-order valence-electron chi connectivity index (χ1n) is 9.83. The quantitative estimate of drug-likeness (QED) is 0.702. The van der Waals surface area contributed by atoms with Crippen molar-refractivity contribution in [1.29, 1.82) is 0 Å². The predicted octanol–water partition coefficient (Wildman–Crippen LogP) is 4.62. The largest absolute Gasteiger partial charge is 0.481 e. The number of amides is 1. The van der Waals surface area contributed by atoms with Gasteiger partial charge in [0.25, 0.3) is 5.91 Å². The van der Waals surface area contributed by atoms with Crippen molar-refractivity contribution in [1.82, 2.24) is 5.32 Å². The molecule has 2 aromatic carbocycles. The van der Waals surface area contributed by atoms with Gasteiger partial charge in [0.15, 0.2) is 6.10 Å². The van der Waals surface area contributed by atoms with Crippen molar-refractivity contribution < 1.29 is 9.53 Å². The van der Waals surface area contributed by atoms with E-state index in [9.17, 15) is 4.79 Å². The molecule has 0 saturated carbocycles. The number of carbonyl (C=O) groups is 1. The standard InChI is InChI=1S/C23H32N2O2/c1-6-22(27-21-14-9-17(4)18(5)15-21)23(26)24-16-19-10-12-20(13-11-19)25(7-2)8-3/h9-15,22H,6-8,16H2,1-5H3,(H,24,26)/t22-/m1/s1. The fourth-order valence-electron chi connectivity index (χ4n) is 2.99. The average Bonchev–Trinajstić information content (AvgIpc) is 2.68. The highest BCUT2D eigenvalue weighted by Gasteiger charge is 2.18. The maximum absolute atomic E-state index is 12.5. The number of aryl methyl sites for hydroxylation is 2. The van der Waals surface area contributed by atoms with Gasteiger partial charge in [-0.05, 0) is 75.1 Å². The van der Waals surface area contributed by atoms with E-state index in [0.717, 1.165) is 30.0 Å². The van der Waals surface area contributed by atoms with E-state index in [1.165, 1.54) is 11.3 Å². The first-order valence-corrected chi connectivity index (χ1v) is 9.83. The van der Waals surface area contributed by atoms with Crippen LogP contribution in [0.15, 0.2) is 42.5 Å². The first kappa shape index (κ1) is 20.8. The van der Waals surface area contributed by atoms with Crippen molar-refractivity contribution in [2.45, 2.75) is 53.7 Å². The van der Waals surface area contributed by atoms with Gasteiger partial charge in [0.2, 0.25) is 0 Å². The van der Waals surface area contributed by atoms with Gasteiger partial charge < -0.3 is 15.0 Å². The SMILES string of the molecule is CC[C@@H](Oc1ccc(C)c(C)c1)C(=O)NCc1ccc(N(CC)CC)cc1. The third-order valence-electron chi connectivity index (χ3n) is 4.95. The molecule has 2 rings (SSSR count). The monoisotopic (exact) mass is 368 g/mol. The summed E-state index contributed by atoms with van der Waals surface area (Å²) in [5, 5.41) is 3.00. The minimum Gasteiger partial charge on any atom is -0.481 e. The second kappa shape index (κ2) is 10.0. The minimum atomic E-state index is -0.484. The number of carbonyl (C=O) groups excluding carboxylic acids is 1. The number of hydrogen-bond acceptors (Lipinski definition) is 3. The highest BCUT2D eigenvalue weighted by atomic mass is 16.5. The first-order chi connectivity index (χ1) is 13.0. The molecule has 0 heterocycles. The third-order valence-corrected chi connectivity index (χ3v) is 4.95. The van der Waals surface area contributed by atoms with E-state index in [0.29, 0.717) is 13.0 Å². The van der Waals surface area contributed by atoms with Crippen molar-refractivity contribution in [2.75, 3.05) is 18.0 Å². The molecule has 0 aliphatic carbocycles. The maximum Gasteiger partial charge on any atom is 0.261 e. The lowest BCUT2D eigenvalue weighted by molar-refractivity contribution is -0.128. The lowest BCUT2D eigenvalue weighted by atomic mass is 10.1. The highest BCUT2D eigenvalue weighted by molar-refractivity contribution is 5.81. The van der Waals surface area contributed by atoms with E-state index >= 15 is 0 Å².